The average molecular weight is 381 g/mol. The van der Waals surface area contributed by atoms with E-state index in [-0.39, 0.29) is 18.7 Å². The standard InChI is InChI=1S/C18H40N2O2S2/c1-13(2)20-23(7,8)12-18(24(20,9)10)11-14(3)19-15(4)21-17(6)22-16(19)5/h13-18H,11-12H2,1-10H3. The molecule has 0 aromatic heterocycles. The first-order valence-corrected chi connectivity index (χ1v) is 14.2. The van der Waals surface area contributed by atoms with Crippen molar-refractivity contribution in [2.24, 2.45) is 0 Å². The van der Waals surface area contributed by atoms with Gasteiger partial charge in [-0.2, -0.15) is 20.4 Å². The molecule has 0 amide bonds. The van der Waals surface area contributed by atoms with Crippen LogP contribution in [0, 0.1) is 0 Å². The highest BCUT2D eigenvalue weighted by Gasteiger charge is 2.48. The third kappa shape index (κ3) is 3.94. The molecule has 2 saturated heterocycles. The van der Waals surface area contributed by atoms with Crippen LogP contribution < -0.4 is 0 Å². The van der Waals surface area contributed by atoms with E-state index in [0.29, 0.717) is 12.1 Å². The van der Waals surface area contributed by atoms with Gasteiger partial charge in [-0.05, 0) is 73.0 Å². The van der Waals surface area contributed by atoms with Crippen LogP contribution in [0.4, 0.5) is 0 Å². The summed E-state index contributed by atoms with van der Waals surface area (Å²) in [4.78, 5) is 2.41. The highest BCUT2D eigenvalue weighted by atomic mass is 32.3. The van der Waals surface area contributed by atoms with E-state index < -0.39 is 20.4 Å². The Bertz CT molecular complexity index is 433. The molecule has 2 rings (SSSR count). The number of hydrogen-bond donors (Lipinski definition) is 0. The Morgan fingerprint density at radius 3 is 1.88 bits per heavy atom. The summed E-state index contributed by atoms with van der Waals surface area (Å²) in [5.74, 6) is 1.37. The number of rotatable bonds is 4. The van der Waals surface area contributed by atoms with Crippen LogP contribution in [0.1, 0.15) is 48.0 Å². The van der Waals surface area contributed by atoms with Gasteiger partial charge in [-0.3, -0.25) is 0 Å². The third-order valence-electron chi connectivity index (χ3n) is 5.51. The van der Waals surface area contributed by atoms with E-state index in [1.54, 1.807) is 0 Å². The first kappa shape index (κ1) is 20.8. The van der Waals surface area contributed by atoms with Crippen LogP contribution in [0.3, 0.4) is 0 Å². The van der Waals surface area contributed by atoms with Crippen molar-refractivity contribution in [2.75, 3.05) is 30.8 Å². The van der Waals surface area contributed by atoms with E-state index in [9.17, 15) is 0 Å². The van der Waals surface area contributed by atoms with Gasteiger partial charge < -0.3 is 9.47 Å². The molecule has 0 N–H and O–H groups in total. The summed E-state index contributed by atoms with van der Waals surface area (Å²) in [7, 11) is -1.42. The molecule has 2 aliphatic rings. The van der Waals surface area contributed by atoms with Crippen molar-refractivity contribution in [3.63, 3.8) is 0 Å². The molecule has 0 aromatic rings. The van der Waals surface area contributed by atoms with E-state index in [2.05, 4.69) is 68.3 Å². The maximum absolute atomic E-state index is 5.91. The van der Waals surface area contributed by atoms with Gasteiger partial charge in [0.25, 0.3) is 0 Å². The summed E-state index contributed by atoms with van der Waals surface area (Å²) in [5, 5.41) is 0.790. The van der Waals surface area contributed by atoms with Crippen molar-refractivity contribution in [1.29, 1.82) is 0 Å². The third-order valence-corrected chi connectivity index (χ3v) is 14.0. The summed E-state index contributed by atoms with van der Waals surface area (Å²) in [6, 6.07) is 1.11. The van der Waals surface area contributed by atoms with Gasteiger partial charge in [-0.15, -0.1) is 0 Å². The second kappa shape index (κ2) is 7.28. The fraction of sp³-hybridized carbons (Fsp3) is 1.00. The molecule has 2 aliphatic heterocycles. The van der Waals surface area contributed by atoms with Crippen molar-refractivity contribution < 1.29 is 9.47 Å². The van der Waals surface area contributed by atoms with Gasteiger partial charge in [-0.25, -0.2) is 8.61 Å². The highest BCUT2D eigenvalue weighted by molar-refractivity contribution is 8.47. The number of ether oxygens (including phenoxy) is 2. The van der Waals surface area contributed by atoms with Crippen LogP contribution in [0.5, 0.6) is 0 Å². The molecule has 0 spiro atoms. The molecule has 4 atom stereocenters. The van der Waals surface area contributed by atoms with Crippen LogP contribution in [0.25, 0.3) is 0 Å². The number of nitrogens with zero attached hydrogens (tertiary/aromatic N) is 2. The monoisotopic (exact) mass is 380 g/mol. The molecular weight excluding hydrogens is 340 g/mol. The Balaban J connectivity index is 2.13. The summed E-state index contributed by atoms with van der Waals surface area (Å²) >= 11 is 0. The van der Waals surface area contributed by atoms with Crippen molar-refractivity contribution >= 4 is 20.4 Å². The molecule has 6 heteroatoms. The smallest absolute Gasteiger partial charge is 0.158 e. The predicted molar refractivity (Wildman–Crippen MR) is 111 cm³/mol. The number of hydrogen-bond acceptors (Lipinski definition) is 4. The summed E-state index contributed by atoms with van der Waals surface area (Å²) in [5.41, 5.74) is 0. The van der Waals surface area contributed by atoms with E-state index >= 15 is 0 Å². The SMILES string of the molecule is CC1OC(C)N(C(C)CC2CS(C)(C)N(C(C)C)S2(C)C)C(C)O1. The van der Waals surface area contributed by atoms with Gasteiger partial charge in [-0.1, -0.05) is 0 Å². The second-order valence-electron chi connectivity index (χ2n) is 8.57. The van der Waals surface area contributed by atoms with E-state index in [1.807, 2.05) is 6.92 Å². The van der Waals surface area contributed by atoms with Crippen molar-refractivity contribution in [2.45, 2.75) is 84.0 Å². The van der Waals surface area contributed by atoms with Gasteiger partial charge in [0.1, 0.15) is 12.5 Å². The van der Waals surface area contributed by atoms with Crippen LogP contribution in [-0.4, -0.2) is 75.5 Å². The van der Waals surface area contributed by atoms with Crippen molar-refractivity contribution in [3.05, 3.63) is 0 Å². The predicted octanol–water partition coefficient (Wildman–Crippen LogP) is 4.20. The van der Waals surface area contributed by atoms with Gasteiger partial charge in [0.15, 0.2) is 6.29 Å². The fourth-order valence-electron chi connectivity index (χ4n) is 5.02. The normalized spacial score (nSPS) is 41.3. The molecule has 0 radical (unpaired) electrons. The van der Waals surface area contributed by atoms with Crippen LogP contribution in [-0.2, 0) is 9.47 Å². The first-order valence-electron chi connectivity index (χ1n) is 9.19. The van der Waals surface area contributed by atoms with Crippen LogP contribution >= 0.6 is 20.4 Å². The summed E-state index contributed by atoms with van der Waals surface area (Å²) < 4.78 is 14.7. The lowest BCUT2D eigenvalue weighted by Crippen LogP contribution is -2.55. The van der Waals surface area contributed by atoms with E-state index in [4.69, 9.17) is 9.47 Å². The van der Waals surface area contributed by atoms with Gasteiger partial charge in [0, 0.05) is 23.1 Å². The quantitative estimate of drug-likeness (QED) is 0.730. The largest absolute Gasteiger partial charge is 0.335 e. The zero-order valence-electron chi connectivity index (χ0n) is 17.4. The van der Waals surface area contributed by atoms with E-state index in [0.717, 1.165) is 5.25 Å². The Hall–Kier alpha value is 0.540. The van der Waals surface area contributed by atoms with Crippen LogP contribution in [0.15, 0.2) is 0 Å². The molecule has 0 aromatic carbocycles. The second-order valence-corrected chi connectivity index (χ2v) is 16.2. The zero-order chi connectivity index (χ0) is 18.4. The lowest BCUT2D eigenvalue weighted by molar-refractivity contribution is -0.313. The lowest BCUT2D eigenvalue weighted by atomic mass is 10.1. The fourth-order valence-corrected chi connectivity index (χ4v) is 16.5. The first-order chi connectivity index (χ1) is 10.9. The lowest BCUT2D eigenvalue weighted by Gasteiger charge is -2.51. The van der Waals surface area contributed by atoms with E-state index in [1.165, 1.54) is 12.2 Å². The van der Waals surface area contributed by atoms with Crippen molar-refractivity contribution in [1.82, 2.24) is 8.61 Å². The molecule has 2 fully saturated rings. The Kier molecular flexibility index (Phi) is 6.32. The molecule has 146 valence electrons. The van der Waals surface area contributed by atoms with Crippen molar-refractivity contribution in [3.8, 4) is 0 Å². The maximum atomic E-state index is 5.91. The molecule has 0 bridgehead atoms. The minimum absolute atomic E-state index is 0.105. The molecule has 0 saturated carbocycles. The maximum Gasteiger partial charge on any atom is 0.158 e. The minimum Gasteiger partial charge on any atom is -0.335 e. The topological polar surface area (TPSA) is 24.9 Å². The Morgan fingerprint density at radius 1 is 0.958 bits per heavy atom. The molecule has 0 aliphatic carbocycles. The average Bonchev–Trinajstić information content (AvgIpc) is 2.52. The Labute approximate surface area is 153 Å². The summed E-state index contributed by atoms with van der Waals surface area (Å²) in [6.07, 6.45) is 11.5. The van der Waals surface area contributed by atoms with Gasteiger partial charge in [0.05, 0.1) is 0 Å². The zero-order valence-corrected chi connectivity index (χ0v) is 19.0. The highest BCUT2D eigenvalue weighted by Crippen LogP contribution is 2.72. The Morgan fingerprint density at radius 2 is 1.46 bits per heavy atom. The molecule has 2 heterocycles. The molecule has 4 unspecified atom stereocenters. The molecular formula is C18H40N2O2S2. The van der Waals surface area contributed by atoms with Gasteiger partial charge >= 0.3 is 0 Å². The van der Waals surface area contributed by atoms with Gasteiger partial charge in [0.2, 0.25) is 0 Å². The van der Waals surface area contributed by atoms with Crippen LogP contribution in [0.2, 0.25) is 0 Å². The minimum atomic E-state index is -0.752. The molecule has 4 nitrogen and oxygen atoms in total. The molecule has 24 heavy (non-hydrogen) atoms. The summed E-state index contributed by atoms with van der Waals surface area (Å²) in [6.45, 7) is 13.4.